The van der Waals surface area contributed by atoms with Crippen molar-refractivity contribution in [1.82, 2.24) is 15.0 Å². The zero-order valence-corrected chi connectivity index (χ0v) is 14.0. The van der Waals surface area contributed by atoms with Crippen LogP contribution in [0, 0.1) is 0 Å². The summed E-state index contributed by atoms with van der Waals surface area (Å²) in [4.78, 5) is 13.1. The molecule has 1 aliphatic rings. The fourth-order valence-electron chi connectivity index (χ4n) is 2.49. The molecule has 7 nitrogen and oxygen atoms in total. The second-order valence-corrected chi connectivity index (χ2v) is 5.71. The van der Waals surface area contributed by atoms with Crippen molar-refractivity contribution in [3.05, 3.63) is 60.4 Å². The van der Waals surface area contributed by atoms with Crippen molar-refractivity contribution in [3.63, 3.8) is 0 Å². The molecule has 0 saturated heterocycles. The summed E-state index contributed by atoms with van der Waals surface area (Å²) in [6, 6.07) is 6.56. The van der Waals surface area contributed by atoms with Crippen molar-refractivity contribution >= 4 is 17.0 Å². The van der Waals surface area contributed by atoms with Crippen molar-refractivity contribution in [1.29, 1.82) is 0 Å². The van der Waals surface area contributed by atoms with Crippen LogP contribution >= 0.6 is 0 Å². The minimum Gasteiger partial charge on any atom is -0.423 e. The first-order valence-corrected chi connectivity index (χ1v) is 7.89. The molecular weight excluding hydrogens is 322 g/mol. The summed E-state index contributed by atoms with van der Waals surface area (Å²) in [5.74, 6) is -1.93. The molecule has 0 amide bonds. The fraction of sp³-hybridized carbons (Fsp3) is 0.278. The van der Waals surface area contributed by atoms with Gasteiger partial charge in [-0.05, 0) is 44.2 Å². The number of carbonyl (C=O) groups excluding carboxylic acids is 1. The molecular formula is C18H19N3O4. The van der Waals surface area contributed by atoms with Crippen LogP contribution in [0.1, 0.15) is 19.9 Å². The number of hydrogen-bond acceptors (Lipinski definition) is 6. The topological polar surface area (TPSA) is 86.5 Å². The molecule has 0 fully saturated rings. The SMILES string of the molecule is C=C(C)C(=O)OC1=CC(n2nc3ccccc3n2)C(O)(OCC)C=C1. The van der Waals surface area contributed by atoms with Crippen LogP contribution in [0.4, 0.5) is 0 Å². The molecule has 3 rings (SSSR count). The summed E-state index contributed by atoms with van der Waals surface area (Å²) in [7, 11) is 0. The monoisotopic (exact) mass is 341 g/mol. The summed E-state index contributed by atoms with van der Waals surface area (Å²) in [6.45, 7) is 7.17. The lowest BCUT2D eigenvalue weighted by molar-refractivity contribution is -0.188. The van der Waals surface area contributed by atoms with Gasteiger partial charge in [0.25, 0.3) is 0 Å². The van der Waals surface area contributed by atoms with Crippen LogP contribution in [-0.4, -0.2) is 38.5 Å². The van der Waals surface area contributed by atoms with Gasteiger partial charge in [0.05, 0.1) is 0 Å². The molecule has 1 aromatic heterocycles. The van der Waals surface area contributed by atoms with Gasteiger partial charge >= 0.3 is 5.97 Å². The molecule has 1 N–H and O–H groups in total. The largest absolute Gasteiger partial charge is 0.423 e. The number of nitrogens with zero attached hydrogens (tertiary/aromatic N) is 3. The summed E-state index contributed by atoms with van der Waals surface area (Å²) in [5.41, 5.74) is 1.65. The van der Waals surface area contributed by atoms with Crippen LogP contribution in [0.15, 0.2) is 60.4 Å². The van der Waals surface area contributed by atoms with Gasteiger partial charge in [0.2, 0.25) is 5.79 Å². The highest BCUT2D eigenvalue weighted by atomic mass is 16.6. The summed E-state index contributed by atoms with van der Waals surface area (Å²) in [6.07, 6.45) is 4.46. The Morgan fingerprint density at radius 1 is 1.36 bits per heavy atom. The number of esters is 1. The zero-order valence-electron chi connectivity index (χ0n) is 14.0. The Kier molecular flexibility index (Phi) is 4.52. The lowest BCUT2D eigenvalue weighted by atomic mass is 10.0. The molecule has 0 spiro atoms. The second kappa shape index (κ2) is 6.62. The van der Waals surface area contributed by atoms with Gasteiger partial charge in [0.1, 0.15) is 16.8 Å². The van der Waals surface area contributed by atoms with E-state index in [1.165, 1.54) is 16.9 Å². The molecule has 2 atom stereocenters. The number of allylic oxidation sites excluding steroid dienone is 1. The van der Waals surface area contributed by atoms with Crippen molar-refractivity contribution in [3.8, 4) is 0 Å². The predicted molar refractivity (Wildman–Crippen MR) is 91.3 cm³/mol. The van der Waals surface area contributed by atoms with Gasteiger partial charge in [0, 0.05) is 12.2 Å². The van der Waals surface area contributed by atoms with E-state index in [9.17, 15) is 9.90 Å². The lowest BCUT2D eigenvalue weighted by Gasteiger charge is -2.33. The second-order valence-electron chi connectivity index (χ2n) is 5.71. The van der Waals surface area contributed by atoms with Crippen molar-refractivity contribution in [2.24, 2.45) is 0 Å². The highest BCUT2D eigenvalue weighted by molar-refractivity contribution is 5.87. The Bertz CT molecular complexity index is 850. The zero-order chi connectivity index (χ0) is 18.0. The van der Waals surface area contributed by atoms with E-state index in [0.29, 0.717) is 11.0 Å². The number of rotatable bonds is 5. The van der Waals surface area contributed by atoms with Crippen LogP contribution in [0.2, 0.25) is 0 Å². The molecule has 7 heteroatoms. The molecule has 1 aliphatic carbocycles. The highest BCUT2D eigenvalue weighted by Gasteiger charge is 2.40. The first kappa shape index (κ1) is 17.1. The first-order valence-electron chi connectivity index (χ1n) is 7.89. The fourth-order valence-corrected chi connectivity index (χ4v) is 2.49. The lowest BCUT2D eigenvalue weighted by Crippen LogP contribution is -2.42. The number of aliphatic hydroxyl groups is 1. The summed E-state index contributed by atoms with van der Waals surface area (Å²) in [5, 5.41) is 19.6. The third-order valence-electron chi connectivity index (χ3n) is 3.72. The quantitative estimate of drug-likeness (QED) is 0.510. The van der Waals surface area contributed by atoms with E-state index in [1.54, 1.807) is 19.9 Å². The van der Waals surface area contributed by atoms with Crippen molar-refractivity contribution in [2.45, 2.75) is 25.7 Å². The van der Waals surface area contributed by atoms with E-state index in [2.05, 4.69) is 16.8 Å². The van der Waals surface area contributed by atoms with Crippen LogP contribution < -0.4 is 0 Å². The molecule has 2 unspecified atom stereocenters. The Balaban J connectivity index is 2.00. The van der Waals surface area contributed by atoms with E-state index in [-0.39, 0.29) is 17.9 Å². The number of ether oxygens (including phenoxy) is 2. The Morgan fingerprint density at radius 2 is 2.00 bits per heavy atom. The Labute approximate surface area is 144 Å². The average Bonchev–Trinajstić information content (AvgIpc) is 3.00. The standard InChI is InChI=1S/C18H19N3O4/c1-4-24-18(23)10-9-13(25-17(22)12(2)3)11-16(18)21-19-14-7-5-6-8-15(14)20-21/h5-11,16,23H,2,4H2,1,3H3. The molecule has 130 valence electrons. The van der Waals surface area contributed by atoms with Gasteiger partial charge in [-0.2, -0.15) is 15.0 Å². The maximum absolute atomic E-state index is 11.8. The van der Waals surface area contributed by atoms with E-state index in [4.69, 9.17) is 9.47 Å². The van der Waals surface area contributed by atoms with E-state index < -0.39 is 17.8 Å². The summed E-state index contributed by atoms with van der Waals surface area (Å²) < 4.78 is 10.7. The van der Waals surface area contributed by atoms with Crippen molar-refractivity contribution < 1.29 is 19.4 Å². The number of fused-ring (bicyclic) bond motifs is 1. The number of benzene rings is 1. The van der Waals surface area contributed by atoms with E-state index in [0.717, 1.165) is 0 Å². The molecule has 1 heterocycles. The predicted octanol–water partition coefficient (Wildman–Crippen LogP) is 2.27. The first-order chi connectivity index (χ1) is 11.9. The van der Waals surface area contributed by atoms with Crippen molar-refractivity contribution in [2.75, 3.05) is 6.61 Å². The number of carbonyl (C=O) groups is 1. The Morgan fingerprint density at radius 3 is 2.56 bits per heavy atom. The smallest absolute Gasteiger partial charge is 0.338 e. The molecule has 25 heavy (non-hydrogen) atoms. The molecule has 0 saturated carbocycles. The highest BCUT2D eigenvalue weighted by Crippen LogP contribution is 2.33. The average molecular weight is 341 g/mol. The van der Waals surface area contributed by atoms with Gasteiger partial charge in [-0.15, -0.1) is 0 Å². The number of hydrogen-bond donors (Lipinski definition) is 1. The van der Waals surface area contributed by atoms with Gasteiger partial charge in [-0.1, -0.05) is 18.7 Å². The maximum atomic E-state index is 11.8. The summed E-state index contributed by atoms with van der Waals surface area (Å²) >= 11 is 0. The van der Waals surface area contributed by atoms with Crippen LogP contribution in [0.3, 0.4) is 0 Å². The molecule has 1 aromatic carbocycles. The van der Waals surface area contributed by atoms with Gasteiger partial charge in [-0.3, -0.25) is 0 Å². The van der Waals surface area contributed by atoms with Gasteiger partial charge in [0.15, 0.2) is 6.04 Å². The normalized spacial score (nSPS) is 22.7. The number of aromatic nitrogens is 3. The Hall–Kier alpha value is -2.77. The van der Waals surface area contributed by atoms with Gasteiger partial charge < -0.3 is 14.6 Å². The third-order valence-corrected chi connectivity index (χ3v) is 3.72. The maximum Gasteiger partial charge on any atom is 0.338 e. The molecule has 0 radical (unpaired) electrons. The minimum atomic E-state index is -1.65. The van der Waals surface area contributed by atoms with Gasteiger partial charge in [-0.25, -0.2) is 4.79 Å². The molecule has 0 aliphatic heterocycles. The third kappa shape index (κ3) is 3.38. The van der Waals surface area contributed by atoms with E-state index >= 15 is 0 Å². The van der Waals surface area contributed by atoms with E-state index in [1.807, 2.05) is 24.3 Å². The van der Waals surface area contributed by atoms with Crippen LogP contribution in [0.25, 0.3) is 11.0 Å². The van der Waals surface area contributed by atoms with Crippen LogP contribution in [0.5, 0.6) is 0 Å². The molecule has 0 bridgehead atoms. The minimum absolute atomic E-state index is 0.267. The molecule has 2 aromatic rings. The van der Waals surface area contributed by atoms with Crippen LogP contribution in [-0.2, 0) is 14.3 Å².